The summed E-state index contributed by atoms with van der Waals surface area (Å²) in [6.45, 7) is 5.07. The molecule has 3 N–H and O–H groups in total. The molecule has 3 nitrogen and oxygen atoms in total. The molecule has 0 saturated carbocycles. The molecule has 1 atom stereocenters. The lowest BCUT2D eigenvalue weighted by Crippen LogP contribution is -2.43. The summed E-state index contributed by atoms with van der Waals surface area (Å²) >= 11 is 1.73. The lowest BCUT2D eigenvalue weighted by molar-refractivity contribution is -0.120. The van der Waals surface area contributed by atoms with Crippen LogP contribution in [0.2, 0.25) is 0 Å². The summed E-state index contributed by atoms with van der Waals surface area (Å²) in [5.41, 5.74) is 5.25. The molecule has 0 saturated heterocycles. The number of thioether (sulfide) groups is 1. The highest BCUT2D eigenvalue weighted by atomic mass is 32.2. The van der Waals surface area contributed by atoms with Crippen LogP contribution < -0.4 is 11.1 Å². The van der Waals surface area contributed by atoms with E-state index < -0.39 is 0 Å². The highest BCUT2D eigenvalue weighted by molar-refractivity contribution is 7.98. The maximum absolute atomic E-state index is 11.0. The van der Waals surface area contributed by atoms with E-state index in [2.05, 4.69) is 19.2 Å². The SMILES string of the molecule is CSCCC(NCC(C)C)C(N)=O. The summed E-state index contributed by atoms with van der Waals surface area (Å²) in [4.78, 5) is 11.0. The Bertz CT molecular complexity index is 151. The van der Waals surface area contributed by atoms with Crippen molar-refractivity contribution in [3.05, 3.63) is 0 Å². The van der Waals surface area contributed by atoms with Gasteiger partial charge in [0, 0.05) is 0 Å². The van der Waals surface area contributed by atoms with Crippen LogP contribution in [0, 0.1) is 5.92 Å². The monoisotopic (exact) mass is 204 g/mol. The summed E-state index contributed by atoms with van der Waals surface area (Å²) in [5, 5.41) is 3.17. The second kappa shape index (κ2) is 7.21. The highest BCUT2D eigenvalue weighted by Gasteiger charge is 2.13. The molecule has 0 radical (unpaired) electrons. The predicted octanol–water partition coefficient (Wildman–Crippen LogP) is 0.839. The molecule has 13 heavy (non-hydrogen) atoms. The van der Waals surface area contributed by atoms with Crippen molar-refractivity contribution in [1.82, 2.24) is 5.32 Å². The number of amides is 1. The molecule has 1 unspecified atom stereocenters. The number of primary amides is 1. The van der Waals surface area contributed by atoms with Gasteiger partial charge in [-0.2, -0.15) is 11.8 Å². The quantitative estimate of drug-likeness (QED) is 0.646. The van der Waals surface area contributed by atoms with Gasteiger partial charge in [-0.3, -0.25) is 4.79 Å². The molecule has 0 aromatic carbocycles. The van der Waals surface area contributed by atoms with Crippen LogP contribution in [0.25, 0.3) is 0 Å². The minimum atomic E-state index is -0.241. The van der Waals surface area contributed by atoms with Crippen molar-refractivity contribution in [3.63, 3.8) is 0 Å². The van der Waals surface area contributed by atoms with Crippen LogP contribution in [-0.4, -0.2) is 30.5 Å². The number of rotatable bonds is 7. The minimum Gasteiger partial charge on any atom is -0.368 e. The predicted molar refractivity (Wildman–Crippen MR) is 58.8 cm³/mol. The number of nitrogens with two attached hydrogens (primary N) is 1. The molecular weight excluding hydrogens is 184 g/mol. The normalized spacial score (nSPS) is 13.2. The first-order valence-electron chi connectivity index (χ1n) is 4.59. The van der Waals surface area contributed by atoms with E-state index in [1.54, 1.807) is 11.8 Å². The van der Waals surface area contributed by atoms with Crippen LogP contribution >= 0.6 is 11.8 Å². The Morgan fingerprint density at radius 3 is 2.54 bits per heavy atom. The first kappa shape index (κ1) is 12.8. The number of hydrogen-bond donors (Lipinski definition) is 2. The van der Waals surface area contributed by atoms with Gasteiger partial charge in [0.1, 0.15) is 0 Å². The minimum absolute atomic E-state index is 0.158. The van der Waals surface area contributed by atoms with E-state index in [0.717, 1.165) is 18.7 Å². The molecule has 0 rings (SSSR count). The van der Waals surface area contributed by atoms with Crippen molar-refractivity contribution >= 4 is 17.7 Å². The molecular formula is C9H20N2OS. The van der Waals surface area contributed by atoms with Crippen molar-refractivity contribution < 1.29 is 4.79 Å². The molecule has 0 heterocycles. The van der Waals surface area contributed by atoms with Gasteiger partial charge in [-0.15, -0.1) is 0 Å². The van der Waals surface area contributed by atoms with Crippen LogP contribution in [0.4, 0.5) is 0 Å². The lowest BCUT2D eigenvalue weighted by Gasteiger charge is -2.16. The molecule has 0 aromatic rings. The van der Waals surface area contributed by atoms with Crippen molar-refractivity contribution in [2.75, 3.05) is 18.6 Å². The third-order valence-electron chi connectivity index (χ3n) is 1.73. The average molecular weight is 204 g/mol. The summed E-state index contributed by atoms with van der Waals surface area (Å²) in [7, 11) is 0. The van der Waals surface area contributed by atoms with Gasteiger partial charge >= 0.3 is 0 Å². The molecule has 4 heteroatoms. The smallest absolute Gasteiger partial charge is 0.234 e. The summed E-state index contributed by atoms with van der Waals surface area (Å²) in [5.74, 6) is 1.28. The van der Waals surface area contributed by atoms with Crippen LogP contribution in [0.3, 0.4) is 0 Å². The number of nitrogens with one attached hydrogen (secondary N) is 1. The van der Waals surface area contributed by atoms with E-state index in [-0.39, 0.29) is 11.9 Å². The Kier molecular flexibility index (Phi) is 7.09. The highest BCUT2D eigenvalue weighted by Crippen LogP contribution is 2.01. The van der Waals surface area contributed by atoms with E-state index in [9.17, 15) is 4.79 Å². The molecule has 0 aliphatic carbocycles. The van der Waals surface area contributed by atoms with Gasteiger partial charge in [0.25, 0.3) is 0 Å². The standard InChI is InChI=1S/C9H20N2OS/c1-7(2)6-11-8(9(10)12)4-5-13-3/h7-8,11H,4-6H2,1-3H3,(H2,10,12). The molecule has 0 spiro atoms. The van der Waals surface area contributed by atoms with Crippen molar-refractivity contribution in [1.29, 1.82) is 0 Å². The van der Waals surface area contributed by atoms with E-state index in [1.165, 1.54) is 0 Å². The number of carbonyl (C=O) groups is 1. The Labute approximate surface area is 84.8 Å². The van der Waals surface area contributed by atoms with Crippen LogP contribution in [0.15, 0.2) is 0 Å². The zero-order valence-electron chi connectivity index (χ0n) is 8.67. The zero-order chi connectivity index (χ0) is 10.3. The average Bonchev–Trinajstić information content (AvgIpc) is 2.03. The fourth-order valence-electron chi connectivity index (χ4n) is 0.959. The van der Waals surface area contributed by atoms with Crippen molar-refractivity contribution in [2.45, 2.75) is 26.3 Å². The van der Waals surface area contributed by atoms with Gasteiger partial charge < -0.3 is 11.1 Å². The fourth-order valence-corrected chi connectivity index (χ4v) is 1.43. The first-order valence-corrected chi connectivity index (χ1v) is 5.99. The summed E-state index contributed by atoms with van der Waals surface area (Å²) in [6.07, 6.45) is 2.85. The Morgan fingerprint density at radius 1 is 1.54 bits per heavy atom. The van der Waals surface area contributed by atoms with Gasteiger partial charge in [0.15, 0.2) is 0 Å². The van der Waals surface area contributed by atoms with Gasteiger partial charge in [0.05, 0.1) is 6.04 Å². The molecule has 0 aliphatic rings. The Balaban J connectivity index is 3.74. The van der Waals surface area contributed by atoms with Crippen LogP contribution in [0.1, 0.15) is 20.3 Å². The molecule has 0 bridgehead atoms. The molecule has 0 aromatic heterocycles. The second-order valence-electron chi connectivity index (χ2n) is 3.54. The van der Waals surface area contributed by atoms with Crippen LogP contribution in [-0.2, 0) is 4.79 Å². The Hall–Kier alpha value is -0.220. The summed E-state index contributed by atoms with van der Waals surface area (Å²) < 4.78 is 0. The van der Waals surface area contributed by atoms with Crippen molar-refractivity contribution in [3.8, 4) is 0 Å². The fraction of sp³-hybridized carbons (Fsp3) is 0.889. The number of carbonyl (C=O) groups excluding carboxylic acids is 1. The third-order valence-corrected chi connectivity index (χ3v) is 2.37. The largest absolute Gasteiger partial charge is 0.368 e. The maximum Gasteiger partial charge on any atom is 0.234 e. The van der Waals surface area contributed by atoms with E-state index in [4.69, 9.17) is 5.73 Å². The molecule has 1 amide bonds. The van der Waals surface area contributed by atoms with E-state index >= 15 is 0 Å². The third kappa shape index (κ3) is 6.90. The van der Waals surface area contributed by atoms with Gasteiger partial charge in [0.2, 0.25) is 5.91 Å². The van der Waals surface area contributed by atoms with E-state index in [1.807, 2.05) is 6.26 Å². The second-order valence-corrected chi connectivity index (χ2v) is 4.52. The van der Waals surface area contributed by atoms with Gasteiger partial charge in [-0.05, 0) is 30.9 Å². The molecule has 0 aliphatic heterocycles. The number of hydrogen-bond acceptors (Lipinski definition) is 3. The van der Waals surface area contributed by atoms with Gasteiger partial charge in [-0.1, -0.05) is 13.8 Å². The lowest BCUT2D eigenvalue weighted by atomic mass is 10.1. The van der Waals surface area contributed by atoms with Crippen molar-refractivity contribution in [2.24, 2.45) is 11.7 Å². The zero-order valence-corrected chi connectivity index (χ0v) is 9.49. The topological polar surface area (TPSA) is 55.1 Å². The first-order chi connectivity index (χ1) is 6.07. The Morgan fingerprint density at radius 2 is 2.15 bits per heavy atom. The molecule has 0 fully saturated rings. The van der Waals surface area contributed by atoms with Gasteiger partial charge in [-0.25, -0.2) is 0 Å². The van der Waals surface area contributed by atoms with E-state index in [0.29, 0.717) is 5.92 Å². The summed E-state index contributed by atoms with van der Waals surface area (Å²) in [6, 6.07) is -0.158. The van der Waals surface area contributed by atoms with Crippen LogP contribution in [0.5, 0.6) is 0 Å². The molecule has 78 valence electrons. The maximum atomic E-state index is 11.0.